The molecular weight excluding hydrogens is 440 g/mol. The van der Waals surface area contributed by atoms with Crippen LogP contribution in [0.2, 0.25) is 0 Å². The van der Waals surface area contributed by atoms with E-state index in [9.17, 15) is 10.2 Å². The maximum Gasteiger partial charge on any atom is 0.117 e. The van der Waals surface area contributed by atoms with Crippen LogP contribution >= 0.6 is 0 Å². The summed E-state index contributed by atoms with van der Waals surface area (Å²) < 4.78 is 0. The molecule has 0 amide bonds. The zero-order valence-electron chi connectivity index (χ0n) is 23.2. The molecule has 0 saturated heterocycles. The Bertz CT molecular complexity index is 902. The Kier molecular flexibility index (Phi) is 12.9. The molecule has 2 N–H and O–H groups in total. The minimum Gasteiger partial charge on any atom is -0.388 e. The first-order valence-electron chi connectivity index (χ1n) is 14.0. The van der Waals surface area contributed by atoms with Crippen molar-refractivity contribution in [2.75, 3.05) is 0 Å². The topological polar surface area (TPSA) is 40.5 Å². The number of aliphatic hydroxyl groups is 2. The highest BCUT2D eigenvalue weighted by Crippen LogP contribution is 2.41. The minimum absolute atomic E-state index is 0.247. The normalized spacial score (nSPS) is 12.4. The molecule has 0 fully saturated rings. The van der Waals surface area contributed by atoms with Gasteiger partial charge in [-0.15, -0.1) is 0 Å². The number of hydrogen-bond donors (Lipinski definition) is 2. The van der Waals surface area contributed by atoms with Gasteiger partial charge < -0.3 is 10.2 Å². The molecule has 2 heteroatoms. The quantitative estimate of drug-likeness (QED) is 0.267. The molecule has 1 unspecified atom stereocenters. The van der Waals surface area contributed by atoms with Crippen molar-refractivity contribution in [1.82, 2.24) is 0 Å². The lowest BCUT2D eigenvalue weighted by atomic mass is 9.72. The van der Waals surface area contributed by atoms with Gasteiger partial charge in [-0.25, -0.2) is 0 Å². The van der Waals surface area contributed by atoms with E-state index >= 15 is 0 Å². The molecule has 0 aromatic heterocycles. The molecule has 0 spiro atoms. The fourth-order valence-corrected chi connectivity index (χ4v) is 4.95. The van der Waals surface area contributed by atoms with Crippen molar-refractivity contribution < 1.29 is 10.2 Å². The second-order valence-electron chi connectivity index (χ2n) is 10.3. The minimum atomic E-state index is -0.894. The predicted octanol–water partition coefficient (Wildman–Crippen LogP) is 9.17. The van der Waals surface area contributed by atoms with E-state index < -0.39 is 5.60 Å². The van der Waals surface area contributed by atoms with Gasteiger partial charge in [0.1, 0.15) is 5.60 Å². The highest BCUT2D eigenvalue weighted by molar-refractivity contribution is 5.37. The molecule has 3 rings (SSSR count). The van der Waals surface area contributed by atoms with Crippen LogP contribution in [0.4, 0.5) is 0 Å². The van der Waals surface area contributed by atoms with Crippen molar-refractivity contribution in [3.05, 3.63) is 107 Å². The van der Waals surface area contributed by atoms with Crippen molar-refractivity contribution in [3.8, 4) is 0 Å². The smallest absolute Gasteiger partial charge is 0.117 e. The number of unbranched alkanes of at least 4 members (excludes halogenated alkanes) is 1. The van der Waals surface area contributed by atoms with Crippen LogP contribution in [0.25, 0.3) is 0 Å². The van der Waals surface area contributed by atoms with E-state index in [4.69, 9.17) is 0 Å². The van der Waals surface area contributed by atoms with Crippen molar-refractivity contribution in [2.24, 2.45) is 5.92 Å². The van der Waals surface area contributed by atoms with Crippen LogP contribution in [0.3, 0.4) is 0 Å². The molecule has 36 heavy (non-hydrogen) atoms. The van der Waals surface area contributed by atoms with Crippen LogP contribution in [-0.2, 0) is 5.60 Å². The average Bonchev–Trinajstić information content (AvgIpc) is 2.92. The van der Waals surface area contributed by atoms with Gasteiger partial charge in [-0.3, -0.25) is 0 Å². The Morgan fingerprint density at radius 1 is 0.611 bits per heavy atom. The van der Waals surface area contributed by atoms with Gasteiger partial charge in [-0.2, -0.15) is 0 Å². The molecule has 0 aliphatic rings. The fourth-order valence-electron chi connectivity index (χ4n) is 4.95. The molecule has 0 aliphatic heterocycles. The van der Waals surface area contributed by atoms with Crippen LogP contribution < -0.4 is 0 Å². The zero-order valence-corrected chi connectivity index (χ0v) is 23.2. The van der Waals surface area contributed by atoms with E-state index in [-0.39, 0.29) is 12.0 Å². The summed E-state index contributed by atoms with van der Waals surface area (Å²) in [5.41, 5.74) is 3.50. The van der Waals surface area contributed by atoms with Gasteiger partial charge in [0.15, 0.2) is 0 Å². The average molecular weight is 489 g/mol. The molecule has 0 heterocycles. The van der Waals surface area contributed by atoms with Gasteiger partial charge in [-0.1, -0.05) is 145 Å². The fraction of sp³-hybridized carbons (Fsp3) is 0.471. The summed E-state index contributed by atoms with van der Waals surface area (Å²) in [6, 6.07) is 28.6. The molecule has 3 aromatic rings. The van der Waals surface area contributed by atoms with E-state index in [1.807, 2.05) is 60.7 Å². The highest BCUT2D eigenvalue weighted by atomic mass is 16.3. The summed E-state index contributed by atoms with van der Waals surface area (Å²) in [7, 11) is 0. The van der Waals surface area contributed by atoms with Gasteiger partial charge in [0.25, 0.3) is 0 Å². The van der Waals surface area contributed by atoms with E-state index in [0.29, 0.717) is 5.92 Å². The van der Waals surface area contributed by atoms with E-state index in [2.05, 4.69) is 58.9 Å². The van der Waals surface area contributed by atoms with E-state index in [1.165, 1.54) is 5.56 Å². The van der Waals surface area contributed by atoms with Crippen LogP contribution in [0, 0.1) is 5.92 Å². The first-order valence-corrected chi connectivity index (χ1v) is 14.0. The van der Waals surface area contributed by atoms with Gasteiger partial charge in [0.2, 0.25) is 0 Å². The molecular formula is C34H48O2. The molecule has 196 valence electrons. The summed E-state index contributed by atoms with van der Waals surface area (Å²) in [6.07, 6.45) is 7.07. The van der Waals surface area contributed by atoms with Crippen molar-refractivity contribution in [1.29, 1.82) is 0 Å². The van der Waals surface area contributed by atoms with Crippen LogP contribution in [0.1, 0.15) is 114 Å². The van der Waals surface area contributed by atoms with Crippen molar-refractivity contribution in [3.63, 3.8) is 0 Å². The monoisotopic (exact) mass is 488 g/mol. The lowest BCUT2D eigenvalue weighted by Crippen LogP contribution is -2.36. The number of benzene rings is 3. The molecule has 3 aromatic carbocycles. The Morgan fingerprint density at radius 3 is 1.44 bits per heavy atom. The van der Waals surface area contributed by atoms with Crippen molar-refractivity contribution in [2.45, 2.75) is 97.2 Å². The molecule has 1 atom stereocenters. The number of rotatable bonds is 12. The van der Waals surface area contributed by atoms with E-state index in [0.717, 1.165) is 61.6 Å². The first-order chi connectivity index (χ1) is 17.4. The Hall–Kier alpha value is -2.42. The maximum atomic E-state index is 11.7. The van der Waals surface area contributed by atoms with Crippen LogP contribution in [0.5, 0.6) is 0 Å². The molecule has 0 saturated carbocycles. The zero-order chi connectivity index (χ0) is 26.4. The number of aliphatic hydroxyl groups excluding tert-OH is 1. The van der Waals surface area contributed by atoms with Crippen LogP contribution in [-0.4, -0.2) is 10.2 Å². The standard InChI is InChI=1S/C20H26O.C14H22O/c1-3-11-17(12-4-2)20(21,18-13-7-5-8-14-18)19-15-9-6-10-16-19;1-4-5-6-14(15)13-9-7-12(8-10-13)11(2)3/h5-10,13-17,21H,3-4,11-12H2,1-2H3;7-11,14-15H,4-6H2,1-3H3. The SMILES string of the molecule is CCCC(CCC)C(O)(c1ccccc1)c1ccccc1.CCCCC(O)c1ccc(C(C)C)cc1. The molecule has 0 bridgehead atoms. The summed E-state index contributed by atoms with van der Waals surface area (Å²) in [6.45, 7) is 10.9. The third-order valence-corrected chi connectivity index (χ3v) is 7.11. The Balaban J connectivity index is 0.000000269. The third-order valence-electron chi connectivity index (χ3n) is 7.11. The Labute approximate surface area is 220 Å². The highest BCUT2D eigenvalue weighted by Gasteiger charge is 2.38. The Morgan fingerprint density at radius 2 is 1.06 bits per heavy atom. The summed E-state index contributed by atoms with van der Waals surface area (Å²) in [5, 5.41) is 21.6. The van der Waals surface area contributed by atoms with Crippen LogP contribution in [0.15, 0.2) is 84.9 Å². The molecule has 0 aliphatic carbocycles. The molecule has 0 radical (unpaired) electrons. The van der Waals surface area contributed by atoms with Gasteiger partial charge in [0, 0.05) is 0 Å². The van der Waals surface area contributed by atoms with Gasteiger partial charge in [0.05, 0.1) is 6.10 Å². The second kappa shape index (κ2) is 15.6. The van der Waals surface area contributed by atoms with Crippen molar-refractivity contribution >= 4 is 0 Å². The lowest BCUT2D eigenvalue weighted by molar-refractivity contribution is 0.00732. The predicted molar refractivity (Wildman–Crippen MR) is 154 cm³/mol. The largest absolute Gasteiger partial charge is 0.388 e. The third kappa shape index (κ3) is 8.32. The van der Waals surface area contributed by atoms with Gasteiger partial charge >= 0.3 is 0 Å². The molecule has 2 nitrogen and oxygen atoms in total. The maximum absolute atomic E-state index is 11.7. The second-order valence-corrected chi connectivity index (χ2v) is 10.3. The summed E-state index contributed by atoms with van der Waals surface area (Å²) >= 11 is 0. The van der Waals surface area contributed by atoms with E-state index in [1.54, 1.807) is 0 Å². The van der Waals surface area contributed by atoms with Gasteiger partial charge in [-0.05, 0) is 53.4 Å². The first kappa shape index (κ1) is 29.8. The summed E-state index contributed by atoms with van der Waals surface area (Å²) in [4.78, 5) is 0. The summed E-state index contributed by atoms with van der Waals surface area (Å²) in [5.74, 6) is 0.809. The number of hydrogen-bond acceptors (Lipinski definition) is 2. The lowest BCUT2D eigenvalue weighted by Gasteiger charge is -2.37.